The number of aromatic nitrogens is 3. The first kappa shape index (κ1) is 17.2. The van der Waals surface area contributed by atoms with Gasteiger partial charge in [-0.15, -0.1) is 5.10 Å². The highest BCUT2D eigenvalue weighted by Crippen LogP contribution is 2.29. The van der Waals surface area contributed by atoms with E-state index in [0.29, 0.717) is 5.95 Å². The van der Waals surface area contributed by atoms with Crippen LogP contribution in [0.2, 0.25) is 0 Å². The molecule has 1 aliphatic rings. The second-order valence-electron chi connectivity index (χ2n) is 6.27. The average molecular weight is 362 g/mol. The quantitative estimate of drug-likeness (QED) is 0.747. The maximum atomic E-state index is 5.46. The van der Waals surface area contributed by atoms with Crippen LogP contribution in [0.5, 0.6) is 0 Å². The molecule has 3 aromatic rings. The van der Waals surface area contributed by atoms with Crippen molar-refractivity contribution in [1.29, 1.82) is 0 Å². The fourth-order valence-electron chi connectivity index (χ4n) is 3.07. The molecule has 7 heteroatoms. The molecule has 0 amide bonds. The van der Waals surface area contributed by atoms with Gasteiger partial charge in [0.25, 0.3) is 0 Å². The van der Waals surface area contributed by atoms with E-state index in [-0.39, 0.29) is 0 Å². The predicted octanol–water partition coefficient (Wildman–Crippen LogP) is 3.22. The van der Waals surface area contributed by atoms with E-state index in [4.69, 9.17) is 4.74 Å². The van der Waals surface area contributed by atoms with Gasteiger partial charge in [0.1, 0.15) is 0 Å². The second-order valence-corrected chi connectivity index (χ2v) is 6.27. The Morgan fingerprint density at radius 1 is 1.00 bits per heavy atom. The van der Waals surface area contributed by atoms with E-state index in [1.165, 1.54) is 0 Å². The summed E-state index contributed by atoms with van der Waals surface area (Å²) in [4.78, 5) is 8.91. The SMILES string of the molecule is CN(c1ccccc1)c1cnnc(Nc2ccccc2N2CCOCC2)n1. The lowest BCUT2D eigenvalue weighted by Crippen LogP contribution is -2.36. The lowest BCUT2D eigenvalue weighted by atomic mass is 10.2. The number of rotatable bonds is 5. The van der Waals surface area contributed by atoms with Gasteiger partial charge in [-0.25, -0.2) is 0 Å². The van der Waals surface area contributed by atoms with E-state index in [1.807, 2.05) is 60.5 Å². The van der Waals surface area contributed by atoms with Gasteiger partial charge in [0, 0.05) is 25.8 Å². The van der Waals surface area contributed by atoms with Crippen LogP contribution in [0.3, 0.4) is 0 Å². The first-order valence-corrected chi connectivity index (χ1v) is 8.98. The van der Waals surface area contributed by atoms with Gasteiger partial charge in [0.05, 0.1) is 30.8 Å². The molecule has 1 saturated heterocycles. The number of benzene rings is 2. The van der Waals surface area contributed by atoms with Crippen molar-refractivity contribution in [2.24, 2.45) is 0 Å². The molecule has 138 valence electrons. The van der Waals surface area contributed by atoms with Crippen molar-refractivity contribution in [3.05, 3.63) is 60.8 Å². The number of nitrogens with one attached hydrogen (secondary N) is 1. The molecule has 1 aliphatic heterocycles. The molecular weight excluding hydrogens is 340 g/mol. The molecule has 1 aromatic heterocycles. The molecule has 0 unspecified atom stereocenters. The first-order chi connectivity index (χ1) is 13.3. The molecule has 2 aromatic carbocycles. The van der Waals surface area contributed by atoms with Gasteiger partial charge in [0.2, 0.25) is 5.95 Å². The maximum absolute atomic E-state index is 5.46. The molecule has 2 heterocycles. The Kier molecular flexibility index (Phi) is 5.11. The van der Waals surface area contributed by atoms with Gasteiger partial charge in [-0.05, 0) is 24.3 Å². The van der Waals surface area contributed by atoms with Gasteiger partial charge >= 0.3 is 0 Å². The van der Waals surface area contributed by atoms with Crippen LogP contribution in [0.25, 0.3) is 0 Å². The molecule has 4 rings (SSSR count). The first-order valence-electron chi connectivity index (χ1n) is 8.98. The van der Waals surface area contributed by atoms with Crippen LogP contribution in [0.4, 0.5) is 28.8 Å². The number of nitrogens with zero attached hydrogens (tertiary/aromatic N) is 5. The predicted molar refractivity (Wildman–Crippen MR) is 107 cm³/mol. The Labute approximate surface area is 158 Å². The Morgan fingerprint density at radius 2 is 1.74 bits per heavy atom. The topological polar surface area (TPSA) is 66.4 Å². The monoisotopic (exact) mass is 362 g/mol. The fraction of sp³-hybridized carbons (Fsp3) is 0.250. The van der Waals surface area contributed by atoms with Gasteiger partial charge in [-0.3, -0.25) is 0 Å². The van der Waals surface area contributed by atoms with E-state index in [2.05, 4.69) is 31.5 Å². The number of hydrogen-bond acceptors (Lipinski definition) is 7. The lowest BCUT2D eigenvalue weighted by molar-refractivity contribution is 0.123. The van der Waals surface area contributed by atoms with Crippen molar-refractivity contribution in [3.8, 4) is 0 Å². The smallest absolute Gasteiger partial charge is 0.249 e. The number of morpholine rings is 1. The molecule has 0 saturated carbocycles. The van der Waals surface area contributed by atoms with E-state index < -0.39 is 0 Å². The lowest BCUT2D eigenvalue weighted by Gasteiger charge is -2.30. The zero-order valence-corrected chi connectivity index (χ0v) is 15.2. The minimum Gasteiger partial charge on any atom is -0.378 e. The van der Waals surface area contributed by atoms with Crippen molar-refractivity contribution in [2.75, 3.05) is 48.5 Å². The fourth-order valence-corrected chi connectivity index (χ4v) is 3.07. The minimum atomic E-state index is 0.469. The molecule has 0 bridgehead atoms. The summed E-state index contributed by atoms with van der Waals surface area (Å²) in [5.74, 6) is 1.19. The van der Waals surface area contributed by atoms with Crippen LogP contribution in [0.15, 0.2) is 60.8 Å². The van der Waals surface area contributed by atoms with Crippen LogP contribution in [-0.2, 0) is 4.74 Å². The van der Waals surface area contributed by atoms with Crippen molar-refractivity contribution in [2.45, 2.75) is 0 Å². The minimum absolute atomic E-state index is 0.469. The zero-order chi connectivity index (χ0) is 18.5. The molecule has 0 atom stereocenters. The molecule has 27 heavy (non-hydrogen) atoms. The van der Waals surface area contributed by atoms with Gasteiger partial charge in [-0.2, -0.15) is 10.1 Å². The summed E-state index contributed by atoms with van der Waals surface area (Å²) >= 11 is 0. The number of para-hydroxylation sites is 3. The molecule has 0 radical (unpaired) electrons. The highest BCUT2D eigenvalue weighted by atomic mass is 16.5. The van der Waals surface area contributed by atoms with Crippen molar-refractivity contribution in [3.63, 3.8) is 0 Å². The molecule has 0 aliphatic carbocycles. The standard InChI is InChI=1S/C20H22N6O/c1-25(16-7-3-2-4-8-16)19-15-21-24-20(23-19)22-17-9-5-6-10-18(17)26-11-13-27-14-12-26/h2-10,15H,11-14H2,1H3,(H,22,23,24). The van der Waals surface area contributed by atoms with Crippen LogP contribution in [-0.4, -0.2) is 48.5 Å². The Balaban J connectivity index is 1.57. The Hall–Kier alpha value is -3.19. The van der Waals surface area contributed by atoms with Crippen LogP contribution < -0.4 is 15.1 Å². The highest BCUT2D eigenvalue weighted by Gasteiger charge is 2.15. The van der Waals surface area contributed by atoms with Crippen LogP contribution in [0, 0.1) is 0 Å². The van der Waals surface area contributed by atoms with Crippen molar-refractivity contribution >= 4 is 28.8 Å². The van der Waals surface area contributed by atoms with E-state index >= 15 is 0 Å². The summed E-state index contributed by atoms with van der Waals surface area (Å²) in [6.07, 6.45) is 1.66. The third-order valence-electron chi connectivity index (χ3n) is 4.54. The highest BCUT2D eigenvalue weighted by molar-refractivity contribution is 5.74. The normalized spacial score (nSPS) is 14.0. The summed E-state index contributed by atoms with van der Waals surface area (Å²) in [6.45, 7) is 3.22. The summed E-state index contributed by atoms with van der Waals surface area (Å²) < 4.78 is 5.46. The van der Waals surface area contributed by atoms with E-state index in [1.54, 1.807) is 6.20 Å². The molecule has 7 nitrogen and oxygen atoms in total. The summed E-state index contributed by atoms with van der Waals surface area (Å²) in [7, 11) is 1.96. The third-order valence-corrected chi connectivity index (χ3v) is 4.54. The summed E-state index contributed by atoms with van der Waals surface area (Å²) in [5, 5.41) is 11.6. The van der Waals surface area contributed by atoms with Crippen molar-refractivity contribution in [1.82, 2.24) is 15.2 Å². The van der Waals surface area contributed by atoms with Gasteiger partial charge in [0.15, 0.2) is 5.82 Å². The van der Waals surface area contributed by atoms with Gasteiger partial charge in [-0.1, -0.05) is 30.3 Å². The molecular formula is C20H22N6O. The molecule has 0 spiro atoms. The third kappa shape index (κ3) is 3.98. The number of anilines is 5. The largest absolute Gasteiger partial charge is 0.378 e. The summed E-state index contributed by atoms with van der Waals surface area (Å²) in [5.41, 5.74) is 3.12. The number of ether oxygens (including phenoxy) is 1. The second kappa shape index (κ2) is 8.01. The average Bonchev–Trinajstić information content (AvgIpc) is 2.75. The number of hydrogen-bond donors (Lipinski definition) is 1. The molecule has 1 fully saturated rings. The van der Waals surface area contributed by atoms with Crippen molar-refractivity contribution < 1.29 is 4.74 Å². The zero-order valence-electron chi connectivity index (χ0n) is 15.2. The van der Waals surface area contributed by atoms with Crippen LogP contribution >= 0.6 is 0 Å². The van der Waals surface area contributed by atoms with Gasteiger partial charge < -0.3 is 19.9 Å². The summed E-state index contributed by atoms with van der Waals surface area (Å²) in [6, 6.07) is 18.2. The maximum Gasteiger partial charge on any atom is 0.249 e. The van der Waals surface area contributed by atoms with E-state index in [0.717, 1.165) is 49.2 Å². The Bertz CT molecular complexity index is 882. The Morgan fingerprint density at radius 3 is 2.56 bits per heavy atom. The molecule has 1 N–H and O–H groups in total. The van der Waals surface area contributed by atoms with E-state index in [9.17, 15) is 0 Å². The van der Waals surface area contributed by atoms with Crippen LogP contribution in [0.1, 0.15) is 0 Å².